The molecule has 0 fully saturated rings. The summed E-state index contributed by atoms with van der Waals surface area (Å²) < 4.78 is 0. The van der Waals surface area contributed by atoms with E-state index < -0.39 is 0 Å². The third-order valence-corrected chi connectivity index (χ3v) is 8.72. The Labute approximate surface area is 415 Å². The Kier molecular flexibility index (Phi) is 22.7. The third-order valence-electron chi connectivity index (χ3n) is 8.72. The van der Waals surface area contributed by atoms with Gasteiger partial charge in [0.05, 0.1) is 33.1 Å². The first-order valence-corrected chi connectivity index (χ1v) is 19.7. The number of para-hydroxylation sites is 6. The molecule has 6 aliphatic carbocycles. The monoisotopic (exact) mass is 918 g/mol. The van der Waals surface area contributed by atoms with Gasteiger partial charge in [-0.1, -0.05) is 182 Å². The second kappa shape index (κ2) is 28.4. The van der Waals surface area contributed by atoms with Gasteiger partial charge in [-0.2, -0.15) is 0 Å². The Hall–Kier alpha value is -5.30. The largest absolute Gasteiger partial charge is 0.242 e. The molecule has 300 valence electrons. The summed E-state index contributed by atoms with van der Waals surface area (Å²) in [6.07, 6.45) is 60.0. The molecular weight excluding hydrogens is 876 g/mol. The summed E-state index contributed by atoms with van der Waals surface area (Å²) in [7, 11) is 0. The first-order chi connectivity index (χ1) is 29.8. The molecule has 6 aliphatic rings. The first-order valence-electron chi connectivity index (χ1n) is 19.7. The summed E-state index contributed by atoms with van der Waals surface area (Å²) in [5.41, 5.74) is 9.05. The topological polar surface area (TPSA) is 77.3 Å². The van der Waals surface area contributed by atoms with Crippen LogP contribution in [-0.4, -0.2) is 29.9 Å². The quantitative estimate of drug-likeness (QED) is 0.0857. The van der Waals surface area contributed by atoms with E-state index in [2.05, 4.69) is 0 Å². The van der Waals surface area contributed by atoms with Gasteiger partial charge in [0.1, 0.15) is 33.1 Å². The maximum Gasteiger partial charge on any atom is 0.120 e. The fraction of sp³-hybridized carbons (Fsp3) is 0. The molecule has 7 aromatic rings. The fourth-order valence-corrected chi connectivity index (χ4v) is 5.92. The summed E-state index contributed by atoms with van der Waals surface area (Å²) in [4.78, 5) is 29.5. The van der Waals surface area contributed by atoms with E-state index in [-0.39, 0.29) is 65.2 Å². The smallest absolute Gasteiger partial charge is 0.120 e. The van der Waals surface area contributed by atoms with Crippen molar-refractivity contribution in [2.45, 2.75) is 0 Å². The van der Waals surface area contributed by atoms with Gasteiger partial charge in [-0.15, -0.1) is 0 Å². The Morgan fingerprint density at radius 1 is 0.175 bits per heavy atom. The number of aromatic nitrogens is 6. The molecule has 63 heavy (non-hydrogen) atoms. The van der Waals surface area contributed by atoms with Crippen molar-refractivity contribution in [3.63, 3.8) is 0 Å². The Morgan fingerprint density at radius 2 is 0.302 bits per heavy atom. The van der Waals surface area contributed by atoms with Crippen molar-refractivity contribution in [2.24, 2.45) is 0 Å². The van der Waals surface area contributed by atoms with E-state index in [1.165, 1.54) is 0 Å². The van der Waals surface area contributed by atoms with Gasteiger partial charge < -0.3 is 0 Å². The fourth-order valence-electron chi connectivity index (χ4n) is 5.92. The average molecular weight is 919 g/mol. The van der Waals surface area contributed by atoms with E-state index in [0.29, 0.717) is 33.1 Å². The van der Waals surface area contributed by atoms with Gasteiger partial charge in [0.15, 0.2) is 0 Å². The standard InChI is InChI=1S/C24H12N6.6C5H5.3Ti/c1-2-8-14-13(7-1)25-19-20(26-14)22-24(30-18-12-6-5-11-17(18)28-22)23-21(19)27-15-9-3-4-10-16(15)29-23;6*1-2-4-5-3-1;;;/h1-12H;6*1-5H;;;. The Balaban J connectivity index is 0.000000212. The summed E-state index contributed by atoms with van der Waals surface area (Å²) >= 11 is 0. The normalized spacial score (nSPS) is 14.1. The third kappa shape index (κ3) is 15.2. The van der Waals surface area contributed by atoms with Crippen molar-refractivity contribution < 1.29 is 65.2 Å². The van der Waals surface area contributed by atoms with Crippen molar-refractivity contribution in [1.82, 2.24) is 29.9 Å². The van der Waals surface area contributed by atoms with Crippen LogP contribution in [0, 0.1) is 38.5 Å². The van der Waals surface area contributed by atoms with Crippen LogP contribution in [0.2, 0.25) is 0 Å². The Morgan fingerprint density at radius 3 is 0.397 bits per heavy atom. The van der Waals surface area contributed by atoms with Crippen LogP contribution in [0.1, 0.15) is 0 Å². The van der Waals surface area contributed by atoms with Gasteiger partial charge in [0.25, 0.3) is 0 Å². The van der Waals surface area contributed by atoms with Crippen LogP contribution >= 0.6 is 0 Å². The zero-order chi connectivity index (χ0) is 40.9. The number of rotatable bonds is 0. The van der Waals surface area contributed by atoms with E-state index in [0.717, 1.165) is 33.1 Å². The molecule has 0 saturated heterocycles. The molecule has 0 bridgehead atoms. The molecule has 0 unspecified atom stereocenters. The minimum absolute atomic E-state index is 0. The van der Waals surface area contributed by atoms with Crippen LogP contribution < -0.4 is 0 Å². The van der Waals surface area contributed by atoms with E-state index in [1.807, 2.05) is 257 Å². The summed E-state index contributed by atoms with van der Waals surface area (Å²) in [6.45, 7) is 0. The van der Waals surface area contributed by atoms with E-state index in [9.17, 15) is 0 Å². The number of nitrogens with zero attached hydrogens (tertiary/aromatic N) is 6. The molecule has 3 aromatic heterocycles. The van der Waals surface area contributed by atoms with Gasteiger partial charge in [0.2, 0.25) is 0 Å². The molecule has 9 heteroatoms. The number of hydrogen-bond donors (Lipinski definition) is 0. The average Bonchev–Trinajstić information content (AvgIpc) is 4.17. The van der Waals surface area contributed by atoms with Gasteiger partial charge in [-0.3, -0.25) is 0 Å². The molecule has 0 atom stereocenters. The van der Waals surface area contributed by atoms with Crippen LogP contribution in [-0.2, 0) is 65.2 Å². The van der Waals surface area contributed by atoms with Crippen molar-refractivity contribution in [1.29, 1.82) is 0 Å². The first kappa shape index (κ1) is 50.3. The number of benzene rings is 4. The second-order valence-corrected chi connectivity index (χ2v) is 13.0. The molecule has 0 spiro atoms. The predicted octanol–water partition coefficient (Wildman–Crippen LogP) is 12.9. The maximum absolute atomic E-state index is 4.91. The van der Waals surface area contributed by atoms with Crippen LogP contribution in [0.3, 0.4) is 0 Å². The molecule has 13 rings (SSSR count). The summed E-state index contributed by atoms with van der Waals surface area (Å²) in [5.74, 6) is 0. The van der Waals surface area contributed by atoms with Crippen LogP contribution in [0.15, 0.2) is 219 Å². The predicted molar refractivity (Wildman–Crippen MR) is 254 cm³/mol. The van der Waals surface area contributed by atoms with Crippen molar-refractivity contribution in [3.8, 4) is 0 Å². The van der Waals surface area contributed by atoms with Crippen LogP contribution in [0.4, 0.5) is 0 Å². The number of allylic oxidation sites excluding steroid dienone is 24. The van der Waals surface area contributed by atoms with Crippen molar-refractivity contribution >= 4 is 66.2 Å². The minimum atomic E-state index is 0. The zero-order valence-electron chi connectivity index (χ0n) is 34.4. The Bertz CT molecular complexity index is 2350. The summed E-state index contributed by atoms with van der Waals surface area (Å²) in [6, 6.07) is 23.5. The van der Waals surface area contributed by atoms with E-state index in [1.54, 1.807) is 0 Å². The molecule has 0 N–H and O–H groups in total. The zero-order valence-corrected chi connectivity index (χ0v) is 39.1. The number of fused-ring (bicyclic) bond motifs is 9. The molecular formula is C54H42N6Ti3. The number of hydrogen-bond acceptors (Lipinski definition) is 6. The maximum atomic E-state index is 4.91. The minimum Gasteiger partial charge on any atom is -0.242 e. The van der Waals surface area contributed by atoms with Crippen LogP contribution in [0.5, 0.6) is 0 Å². The molecule has 0 aliphatic heterocycles. The molecule has 3 heterocycles. The van der Waals surface area contributed by atoms with Crippen molar-refractivity contribution in [3.05, 3.63) is 257 Å². The molecule has 6 nitrogen and oxygen atoms in total. The molecule has 6 radical (unpaired) electrons. The van der Waals surface area contributed by atoms with Gasteiger partial charge >= 0.3 is 0 Å². The van der Waals surface area contributed by atoms with E-state index in [4.69, 9.17) is 29.9 Å². The van der Waals surface area contributed by atoms with Gasteiger partial charge in [-0.25, -0.2) is 29.9 Å². The summed E-state index contributed by atoms with van der Waals surface area (Å²) in [5, 5.41) is 0. The van der Waals surface area contributed by atoms with Crippen molar-refractivity contribution in [2.75, 3.05) is 0 Å². The van der Waals surface area contributed by atoms with Crippen LogP contribution in [0.25, 0.3) is 66.2 Å². The van der Waals surface area contributed by atoms with Gasteiger partial charge in [-0.05, 0) is 36.4 Å². The SMILES string of the molecule is [CH]1C=CC=C1.[CH]1C=CC=C1.[CH]1C=CC=C1.[CH]1C=CC=C1.[CH]1C=CC=C1.[CH]1C=CC=C1.[Ti].[Ti].[Ti].c1ccc2nc3c(nc2c1)c1nc2ccccc2nc1c1nc2ccccc2nc31. The second-order valence-electron chi connectivity index (χ2n) is 13.0. The van der Waals surface area contributed by atoms with E-state index >= 15 is 0 Å². The molecule has 0 amide bonds. The van der Waals surface area contributed by atoms with Gasteiger partial charge in [0, 0.05) is 104 Å². The molecule has 4 aromatic carbocycles. The molecule has 0 saturated carbocycles.